The molecule has 1 aromatic rings. The third-order valence-electron chi connectivity index (χ3n) is 2.92. The third-order valence-corrected chi connectivity index (χ3v) is 4.35. The lowest BCUT2D eigenvalue weighted by Gasteiger charge is -2.04. The van der Waals surface area contributed by atoms with Crippen molar-refractivity contribution < 1.29 is 8.42 Å². The van der Waals surface area contributed by atoms with E-state index in [-0.39, 0.29) is 0 Å². The number of aromatic nitrogens is 1. The molecule has 104 valence electrons. The lowest BCUT2D eigenvalue weighted by molar-refractivity contribution is 0.573. The standard InChI is InChI=1S/C12H23N3O2S/c1-3-4-5-6-7-14-18(16,17)12-8-11(9-13)15(2)10-12/h8,10,14H,3-7,9,13H2,1-2H3. The minimum atomic E-state index is -3.39. The molecule has 1 aromatic heterocycles. The van der Waals surface area contributed by atoms with Gasteiger partial charge in [-0.3, -0.25) is 0 Å². The summed E-state index contributed by atoms with van der Waals surface area (Å²) in [5.74, 6) is 0. The first kappa shape index (κ1) is 15.2. The second-order valence-electron chi connectivity index (χ2n) is 4.44. The Kier molecular flexibility index (Phi) is 5.84. The summed E-state index contributed by atoms with van der Waals surface area (Å²) in [5.41, 5.74) is 6.33. The second-order valence-corrected chi connectivity index (χ2v) is 6.21. The number of aryl methyl sites for hydroxylation is 1. The average Bonchev–Trinajstić information content (AvgIpc) is 2.71. The second kappa shape index (κ2) is 6.92. The monoisotopic (exact) mass is 273 g/mol. The molecule has 5 nitrogen and oxygen atoms in total. The van der Waals surface area contributed by atoms with Crippen molar-refractivity contribution in [2.45, 2.75) is 44.0 Å². The lowest BCUT2D eigenvalue weighted by atomic mass is 10.2. The van der Waals surface area contributed by atoms with Crippen LogP contribution in [0.5, 0.6) is 0 Å². The molecule has 6 heteroatoms. The van der Waals surface area contributed by atoms with Gasteiger partial charge in [0.1, 0.15) is 0 Å². The molecule has 0 aromatic carbocycles. The van der Waals surface area contributed by atoms with Crippen molar-refractivity contribution in [1.29, 1.82) is 0 Å². The normalized spacial score (nSPS) is 11.9. The van der Waals surface area contributed by atoms with Crippen LogP contribution in [-0.4, -0.2) is 19.5 Å². The molecular weight excluding hydrogens is 250 g/mol. The van der Waals surface area contributed by atoms with Gasteiger partial charge in [-0.1, -0.05) is 26.2 Å². The van der Waals surface area contributed by atoms with E-state index in [0.29, 0.717) is 18.0 Å². The minimum absolute atomic E-state index is 0.293. The van der Waals surface area contributed by atoms with Crippen LogP contribution in [0, 0.1) is 0 Å². The summed E-state index contributed by atoms with van der Waals surface area (Å²) >= 11 is 0. The zero-order chi connectivity index (χ0) is 13.6. The van der Waals surface area contributed by atoms with Gasteiger partial charge in [0.2, 0.25) is 10.0 Å². The maximum atomic E-state index is 12.0. The van der Waals surface area contributed by atoms with E-state index in [9.17, 15) is 8.42 Å². The Labute approximate surface area is 109 Å². The van der Waals surface area contributed by atoms with Crippen LogP contribution >= 0.6 is 0 Å². The highest BCUT2D eigenvalue weighted by atomic mass is 32.2. The number of unbranched alkanes of at least 4 members (excludes halogenated alkanes) is 3. The largest absolute Gasteiger partial charge is 0.352 e. The Morgan fingerprint density at radius 3 is 2.61 bits per heavy atom. The summed E-state index contributed by atoms with van der Waals surface area (Å²) in [7, 11) is -1.59. The van der Waals surface area contributed by atoms with Gasteiger partial charge in [-0.25, -0.2) is 13.1 Å². The number of nitrogens with two attached hydrogens (primary N) is 1. The Bertz CT molecular complexity index is 466. The van der Waals surface area contributed by atoms with E-state index in [1.807, 2.05) is 0 Å². The number of rotatable bonds is 8. The van der Waals surface area contributed by atoms with Crippen molar-refractivity contribution in [2.24, 2.45) is 12.8 Å². The third kappa shape index (κ3) is 4.12. The fourth-order valence-electron chi connectivity index (χ4n) is 1.77. The molecule has 0 bridgehead atoms. The van der Waals surface area contributed by atoms with Crippen LogP contribution in [0.2, 0.25) is 0 Å². The maximum Gasteiger partial charge on any atom is 0.242 e. The summed E-state index contributed by atoms with van der Waals surface area (Å²) in [4.78, 5) is 0.293. The molecule has 0 aliphatic rings. The fourth-order valence-corrected chi connectivity index (χ4v) is 2.94. The molecule has 0 spiro atoms. The summed E-state index contributed by atoms with van der Waals surface area (Å²) in [6.07, 6.45) is 5.82. The molecule has 18 heavy (non-hydrogen) atoms. The SMILES string of the molecule is CCCCCCNS(=O)(=O)c1cc(CN)n(C)c1. The number of nitrogens with zero attached hydrogens (tertiary/aromatic N) is 1. The molecule has 0 saturated carbocycles. The van der Waals surface area contributed by atoms with Crippen molar-refractivity contribution in [3.63, 3.8) is 0 Å². The first-order valence-electron chi connectivity index (χ1n) is 6.36. The van der Waals surface area contributed by atoms with Crippen molar-refractivity contribution >= 4 is 10.0 Å². The van der Waals surface area contributed by atoms with Crippen LogP contribution in [0.4, 0.5) is 0 Å². The first-order chi connectivity index (χ1) is 8.51. The summed E-state index contributed by atoms with van der Waals surface area (Å²) in [6.45, 7) is 2.96. The molecule has 0 aliphatic heterocycles. The van der Waals surface area contributed by atoms with Gasteiger partial charge in [0, 0.05) is 32.0 Å². The average molecular weight is 273 g/mol. The Balaban J connectivity index is 2.57. The van der Waals surface area contributed by atoms with Gasteiger partial charge in [0.05, 0.1) is 4.90 Å². The highest BCUT2D eigenvalue weighted by Crippen LogP contribution is 2.13. The quantitative estimate of drug-likeness (QED) is 0.702. The predicted octanol–water partition coefficient (Wildman–Crippen LogP) is 1.34. The van der Waals surface area contributed by atoms with Crippen molar-refractivity contribution in [3.8, 4) is 0 Å². The lowest BCUT2D eigenvalue weighted by Crippen LogP contribution is -2.24. The van der Waals surface area contributed by atoms with Crippen LogP contribution in [0.1, 0.15) is 38.3 Å². The van der Waals surface area contributed by atoms with Crippen LogP contribution < -0.4 is 10.5 Å². The topological polar surface area (TPSA) is 77.1 Å². The van der Waals surface area contributed by atoms with Crippen molar-refractivity contribution in [1.82, 2.24) is 9.29 Å². The van der Waals surface area contributed by atoms with E-state index in [0.717, 1.165) is 31.4 Å². The van der Waals surface area contributed by atoms with E-state index < -0.39 is 10.0 Å². The van der Waals surface area contributed by atoms with Crippen LogP contribution in [0.25, 0.3) is 0 Å². The van der Waals surface area contributed by atoms with Crippen LogP contribution in [0.15, 0.2) is 17.2 Å². The predicted molar refractivity (Wildman–Crippen MR) is 72.6 cm³/mol. The van der Waals surface area contributed by atoms with E-state index in [4.69, 9.17) is 5.73 Å². The highest BCUT2D eigenvalue weighted by molar-refractivity contribution is 7.89. The number of sulfonamides is 1. The molecule has 0 radical (unpaired) electrons. The zero-order valence-electron chi connectivity index (χ0n) is 11.1. The van der Waals surface area contributed by atoms with Gasteiger partial charge < -0.3 is 10.3 Å². The van der Waals surface area contributed by atoms with Gasteiger partial charge in [-0.15, -0.1) is 0 Å². The van der Waals surface area contributed by atoms with E-state index in [2.05, 4.69) is 11.6 Å². The van der Waals surface area contributed by atoms with Gasteiger partial charge >= 0.3 is 0 Å². The van der Waals surface area contributed by atoms with E-state index in [1.165, 1.54) is 0 Å². The molecule has 0 aliphatic carbocycles. The van der Waals surface area contributed by atoms with Gasteiger partial charge in [0.15, 0.2) is 0 Å². The molecule has 0 unspecified atom stereocenters. The smallest absolute Gasteiger partial charge is 0.242 e. The molecule has 0 atom stereocenters. The Morgan fingerprint density at radius 1 is 1.33 bits per heavy atom. The van der Waals surface area contributed by atoms with Gasteiger partial charge in [-0.2, -0.15) is 0 Å². The summed E-state index contributed by atoms with van der Waals surface area (Å²) < 4.78 is 28.3. The van der Waals surface area contributed by atoms with E-state index >= 15 is 0 Å². The number of nitrogens with one attached hydrogen (secondary N) is 1. The molecule has 1 heterocycles. The highest BCUT2D eigenvalue weighted by Gasteiger charge is 2.16. The zero-order valence-corrected chi connectivity index (χ0v) is 12.0. The van der Waals surface area contributed by atoms with Crippen LogP contribution in [0.3, 0.4) is 0 Å². The van der Waals surface area contributed by atoms with Gasteiger partial charge in [0.25, 0.3) is 0 Å². The van der Waals surface area contributed by atoms with E-state index in [1.54, 1.807) is 23.9 Å². The molecule has 0 fully saturated rings. The minimum Gasteiger partial charge on any atom is -0.352 e. The van der Waals surface area contributed by atoms with Crippen molar-refractivity contribution in [2.75, 3.05) is 6.54 Å². The van der Waals surface area contributed by atoms with Gasteiger partial charge in [-0.05, 0) is 12.5 Å². The van der Waals surface area contributed by atoms with Crippen molar-refractivity contribution in [3.05, 3.63) is 18.0 Å². The first-order valence-corrected chi connectivity index (χ1v) is 7.84. The van der Waals surface area contributed by atoms with Crippen LogP contribution in [-0.2, 0) is 23.6 Å². The maximum absolute atomic E-state index is 12.0. The summed E-state index contributed by atoms with van der Waals surface area (Å²) in [6, 6.07) is 1.62. The molecule has 0 amide bonds. The Morgan fingerprint density at radius 2 is 2.06 bits per heavy atom. The molecular formula is C12H23N3O2S. The molecule has 0 saturated heterocycles. The Hall–Kier alpha value is -0.850. The summed E-state index contributed by atoms with van der Waals surface area (Å²) in [5, 5.41) is 0. The molecule has 1 rings (SSSR count). The fraction of sp³-hybridized carbons (Fsp3) is 0.667. The number of hydrogen-bond acceptors (Lipinski definition) is 3. The molecule has 3 N–H and O–H groups in total. The number of hydrogen-bond donors (Lipinski definition) is 2.